The Morgan fingerprint density at radius 1 is 1.26 bits per heavy atom. The summed E-state index contributed by atoms with van der Waals surface area (Å²) in [6.07, 6.45) is 1.78. The highest BCUT2D eigenvalue weighted by Crippen LogP contribution is 2.33. The van der Waals surface area contributed by atoms with Crippen molar-refractivity contribution < 1.29 is 9.72 Å². The monoisotopic (exact) mass is 401 g/mol. The molecule has 0 bridgehead atoms. The fourth-order valence-corrected chi connectivity index (χ4v) is 3.77. The first kappa shape index (κ1) is 19.0. The van der Waals surface area contributed by atoms with Gasteiger partial charge in [-0.15, -0.1) is 11.3 Å². The van der Waals surface area contributed by atoms with Crippen molar-refractivity contribution in [2.75, 3.05) is 5.32 Å². The largest absolute Gasteiger partial charge is 0.298 e. The number of carbonyl (C=O) groups excluding carboxylic acids is 1. The van der Waals surface area contributed by atoms with E-state index in [0.717, 1.165) is 29.0 Å². The van der Waals surface area contributed by atoms with Gasteiger partial charge in [0.15, 0.2) is 5.13 Å². The molecule has 0 saturated heterocycles. The van der Waals surface area contributed by atoms with Crippen molar-refractivity contribution in [3.05, 3.63) is 74.1 Å². The molecule has 3 aromatic rings. The number of rotatable bonds is 6. The summed E-state index contributed by atoms with van der Waals surface area (Å²) in [7, 11) is 0. The zero-order chi connectivity index (χ0) is 19.4. The zero-order valence-corrected chi connectivity index (χ0v) is 16.0. The first-order chi connectivity index (χ1) is 13.0. The Kier molecular flexibility index (Phi) is 5.83. The predicted molar refractivity (Wildman–Crippen MR) is 108 cm³/mol. The Morgan fingerprint density at radius 3 is 2.67 bits per heavy atom. The lowest BCUT2D eigenvalue weighted by atomic mass is 10.1. The standard InChI is InChI=1S/C19H16ClN3O3S/c1-2-4-16-17(12-7-9-14(20)10-8-12)21-19(27-16)22-18(24)13-5-3-6-15(11-13)23(25)26/h3,5-11H,2,4H2,1H3,(H,21,22,24). The summed E-state index contributed by atoms with van der Waals surface area (Å²) in [6, 6.07) is 13.0. The average molecular weight is 402 g/mol. The fraction of sp³-hybridized carbons (Fsp3) is 0.158. The molecule has 1 amide bonds. The number of aryl methyl sites for hydroxylation is 1. The number of hydrogen-bond acceptors (Lipinski definition) is 5. The Morgan fingerprint density at radius 2 is 2.00 bits per heavy atom. The van der Waals surface area contributed by atoms with E-state index in [0.29, 0.717) is 10.2 Å². The molecule has 8 heteroatoms. The summed E-state index contributed by atoms with van der Waals surface area (Å²) in [5.74, 6) is -0.432. The third kappa shape index (κ3) is 4.50. The van der Waals surface area contributed by atoms with Crippen molar-refractivity contribution in [3.8, 4) is 11.3 Å². The molecular formula is C19H16ClN3O3S. The van der Waals surface area contributed by atoms with Crippen molar-refractivity contribution in [1.29, 1.82) is 0 Å². The van der Waals surface area contributed by atoms with E-state index in [1.807, 2.05) is 12.1 Å². The summed E-state index contributed by atoms with van der Waals surface area (Å²) >= 11 is 7.36. The second-order valence-corrected chi connectivity index (χ2v) is 7.33. The third-order valence-electron chi connectivity index (χ3n) is 3.83. The highest BCUT2D eigenvalue weighted by Gasteiger charge is 2.16. The molecule has 6 nitrogen and oxygen atoms in total. The minimum absolute atomic E-state index is 0.129. The van der Waals surface area contributed by atoms with Crippen LogP contribution in [0.15, 0.2) is 48.5 Å². The van der Waals surface area contributed by atoms with Crippen LogP contribution in [0, 0.1) is 10.1 Å². The van der Waals surface area contributed by atoms with Gasteiger partial charge in [-0.05, 0) is 24.6 Å². The lowest BCUT2D eigenvalue weighted by Gasteiger charge is -2.02. The molecule has 0 radical (unpaired) electrons. The number of nitro groups is 1. The number of nitrogens with one attached hydrogen (secondary N) is 1. The average Bonchev–Trinajstić information content (AvgIpc) is 3.05. The number of nitro benzene ring substituents is 1. The maximum atomic E-state index is 12.5. The first-order valence-corrected chi connectivity index (χ1v) is 9.49. The molecule has 0 aliphatic heterocycles. The highest BCUT2D eigenvalue weighted by molar-refractivity contribution is 7.16. The van der Waals surface area contributed by atoms with Gasteiger partial charge in [0.2, 0.25) is 0 Å². The molecular weight excluding hydrogens is 386 g/mol. The Hall–Kier alpha value is -2.77. The van der Waals surface area contributed by atoms with Crippen LogP contribution in [-0.2, 0) is 6.42 Å². The summed E-state index contributed by atoms with van der Waals surface area (Å²) in [6.45, 7) is 2.08. The van der Waals surface area contributed by atoms with Crippen LogP contribution in [0.25, 0.3) is 11.3 Å². The minimum Gasteiger partial charge on any atom is -0.298 e. The van der Waals surface area contributed by atoms with Crippen LogP contribution in [0.5, 0.6) is 0 Å². The SMILES string of the molecule is CCCc1sc(NC(=O)c2cccc([N+](=O)[O-])c2)nc1-c1ccc(Cl)cc1. The van der Waals surface area contributed by atoms with Gasteiger partial charge >= 0.3 is 0 Å². The molecule has 2 aromatic carbocycles. The van der Waals surface area contributed by atoms with E-state index in [4.69, 9.17) is 11.6 Å². The number of hydrogen-bond donors (Lipinski definition) is 1. The molecule has 0 aliphatic carbocycles. The molecule has 0 unspecified atom stereocenters. The van der Waals surface area contributed by atoms with Crippen molar-refractivity contribution in [1.82, 2.24) is 4.98 Å². The van der Waals surface area contributed by atoms with E-state index in [9.17, 15) is 14.9 Å². The van der Waals surface area contributed by atoms with Gasteiger partial charge in [0, 0.05) is 33.2 Å². The number of nitrogens with zero attached hydrogens (tertiary/aromatic N) is 2. The maximum Gasteiger partial charge on any atom is 0.270 e. The molecule has 0 aliphatic rings. The predicted octanol–water partition coefficient (Wildman–Crippen LogP) is 5.58. The number of amides is 1. The molecule has 1 N–H and O–H groups in total. The van der Waals surface area contributed by atoms with E-state index in [-0.39, 0.29) is 11.3 Å². The third-order valence-corrected chi connectivity index (χ3v) is 5.11. The summed E-state index contributed by atoms with van der Waals surface area (Å²) in [4.78, 5) is 28.4. The molecule has 0 spiro atoms. The van der Waals surface area contributed by atoms with Crippen molar-refractivity contribution in [2.24, 2.45) is 0 Å². The Bertz CT molecular complexity index is 986. The Labute approximate surface area is 165 Å². The van der Waals surface area contributed by atoms with Gasteiger partial charge in [0.25, 0.3) is 11.6 Å². The molecule has 3 rings (SSSR count). The summed E-state index contributed by atoms with van der Waals surface area (Å²) in [5, 5.41) is 14.7. The summed E-state index contributed by atoms with van der Waals surface area (Å²) < 4.78 is 0. The Balaban J connectivity index is 1.87. The van der Waals surface area contributed by atoms with E-state index in [1.54, 1.807) is 12.1 Å². The normalized spacial score (nSPS) is 10.6. The highest BCUT2D eigenvalue weighted by atomic mass is 35.5. The molecule has 1 aromatic heterocycles. The van der Waals surface area contributed by atoms with E-state index in [1.165, 1.54) is 35.6 Å². The summed E-state index contributed by atoms with van der Waals surface area (Å²) in [5.41, 5.74) is 1.82. The lowest BCUT2D eigenvalue weighted by Crippen LogP contribution is -2.11. The van der Waals surface area contributed by atoms with Gasteiger partial charge in [0.05, 0.1) is 10.6 Å². The molecule has 27 heavy (non-hydrogen) atoms. The second kappa shape index (κ2) is 8.28. The minimum atomic E-state index is -0.530. The van der Waals surface area contributed by atoms with Gasteiger partial charge in [-0.2, -0.15) is 0 Å². The van der Waals surface area contributed by atoms with Gasteiger partial charge in [-0.1, -0.05) is 43.1 Å². The number of non-ortho nitro benzene ring substituents is 1. The van der Waals surface area contributed by atoms with Crippen LogP contribution in [0.4, 0.5) is 10.8 Å². The van der Waals surface area contributed by atoms with Crippen LogP contribution in [-0.4, -0.2) is 15.8 Å². The van der Waals surface area contributed by atoms with E-state index < -0.39 is 10.8 Å². The van der Waals surface area contributed by atoms with Crippen LogP contribution >= 0.6 is 22.9 Å². The second-order valence-electron chi connectivity index (χ2n) is 5.81. The fourth-order valence-electron chi connectivity index (χ4n) is 2.57. The smallest absolute Gasteiger partial charge is 0.270 e. The van der Waals surface area contributed by atoms with Crippen molar-refractivity contribution in [2.45, 2.75) is 19.8 Å². The molecule has 0 atom stereocenters. The van der Waals surface area contributed by atoms with Crippen molar-refractivity contribution >= 4 is 39.7 Å². The van der Waals surface area contributed by atoms with Crippen LogP contribution < -0.4 is 5.32 Å². The molecule has 0 fully saturated rings. The number of carbonyl (C=O) groups is 1. The van der Waals surface area contributed by atoms with Gasteiger partial charge in [0.1, 0.15) is 0 Å². The molecule has 138 valence electrons. The molecule has 1 heterocycles. The van der Waals surface area contributed by atoms with Gasteiger partial charge in [-0.25, -0.2) is 4.98 Å². The number of anilines is 1. The lowest BCUT2D eigenvalue weighted by molar-refractivity contribution is -0.384. The first-order valence-electron chi connectivity index (χ1n) is 8.29. The van der Waals surface area contributed by atoms with Crippen LogP contribution in [0.1, 0.15) is 28.6 Å². The topological polar surface area (TPSA) is 85.1 Å². The number of thiazole rings is 1. The molecule has 0 saturated carbocycles. The van der Waals surface area contributed by atoms with Crippen LogP contribution in [0.3, 0.4) is 0 Å². The number of halogens is 1. The van der Waals surface area contributed by atoms with Crippen molar-refractivity contribution in [3.63, 3.8) is 0 Å². The quantitative estimate of drug-likeness (QED) is 0.431. The van der Waals surface area contributed by atoms with Gasteiger partial charge in [-0.3, -0.25) is 20.2 Å². The van der Waals surface area contributed by atoms with Gasteiger partial charge < -0.3 is 0 Å². The van der Waals surface area contributed by atoms with E-state index in [2.05, 4.69) is 17.2 Å². The van der Waals surface area contributed by atoms with Crippen LogP contribution in [0.2, 0.25) is 5.02 Å². The maximum absolute atomic E-state index is 12.5. The number of benzene rings is 2. The zero-order valence-electron chi connectivity index (χ0n) is 14.4. The number of aromatic nitrogens is 1. The van der Waals surface area contributed by atoms with E-state index >= 15 is 0 Å².